The summed E-state index contributed by atoms with van der Waals surface area (Å²) in [5.41, 5.74) is 12.9. The van der Waals surface area contributed by atoms with Crippen LogP contribution in [0.15, 0.2) is 71.3 Å². The Bertz CT molecular complexity index is 1600. The van der Waals surface area contributed by atoms with Crippen LogP contribution in [0.1, 0.15) is 47.9 Å². The van der Waals surface area contributed by atoms with Gasteiger partial charge in [0, 0.05) is 28.3 Å². The molecule has 0 amide bonds. The monoisotopic (exact) mass is 430 g/mol. The van der Waals surface area contributed by atoms with E-state index in [1.807, 2.05) is 0 Å². The fraction of sp³-hybridized carbons (Fsp3) is 0.258. The Morgan fingerprint density at radius 1 is 0.879 bits per heavy atom. The minimum absolute atomic E-state index is 0.126. The molecule has 33 heavy (non-hydrogen) atoms. The highest BCUT2D eigenvalue weighted by Gasteiger charge is 2.46. The van der Waals surface area contributed by atoms with Crippen molar-refractivity contribution < 1.29 is 8.98 Å². The van der Waals surface area contributed by atoms with Crippen molar-refractivity contribution in [2.45, 2.75) is 44.9 Å². The van der Waals surface area contributed by atoms with E-state index < -0.39 is 0 Å². The highest BCUT2D eigenvalue weighted by Crippen LogP contribution is 2.59. The normalized spacial score (nSPS) is 16.1. The average molecular weight is 431 g/mol. The summed E-state index contributed by atoms with van der Waals surface area (Å²) in [4.78, 5) is 0. The van der Waals surface area contributed by atoms with Crippen LogP contribution < -0.4 is 4.57 Å². The molecule has 0 radical (unpaired) electrons. The molecule has 2 heterocycles. The first-order valence-corrected chi connectivity index (χ1v) is 12.1. The Labute approximate surface area is 194 Å². The Morgan fingerprint density at radius 3 is 2.55 bits per heavy atom. The molecule has 0 aliphatic heterocycles. The first kappa shape index (κ1) is 19.1. The quantitative estimate of drug-likeness (QED) is 0.251. The van der Waals surface area contributed by atoms with Crippen molar-refractivity contribution in [3.05, 3.63) is 89.1 Å². The number of rotatable bonds is 1. The summed E-state index contributed by atoms with van der Waals surface area (Å²) in [6, 6.07) is 22.6. The van der Waals surface area contributed by atoms with E-state index in [-0.39, 0.29) is 5.41 Å². The molecule has 0 bridgehead atoms. The summed E-state index contributed by atoms with van der Waals surface area (Å²) in [6.07, 6.45) is 7.20. The van der Waals surface area contributed by atoms with Gasteiger partial charge in [-0.15, -0.1) is 0 Å². The van der Waals surface area contributed by atoms with Gasteiger partial charge in [-0.05, 0) is 66.1 Å². The van der Waals surface area contributed by atoms with E-state index in [0.717, 1.165) is 11.2 Å². The first-order chi connectivity index (χ1) is 16.1. The van der Waals surface area contributed by atoms with Crippen molar-refractivity contribution in [1.29, 1.82) is 0 Å². The van der Waals surface area contributed by atoms with Crippen molar-refractivity contribution in [3.8, 4) is 22.4 Å². The van der Waals surface area contributed by atoms with Gasteiger partial charge in [0.25, 0.3) is 0 Å². The lowest BCUT2D eigenvalue weighted by atomic mass is 9.75. The Morgan fingerprint density at radius 2 is 1.70 bits per heavy atom. The number of pyridine rings is 1. The van der Waals surface area contributed by atoms with Crippen LogP contribution in [0.25, 0.3) is 44.3 Å². The van der Waals surface area contributed by atoms with E-state index in [0.29, 0.717) is 0 Å². The van der Waals surface area contributed by atoms with Gasteiger partial charge in [-0.2, -0.15) is 0 Å². The lowest BCUT2D eigenvalue weighted by Gasteiger charge is -2.27. The van der Waals surface area contributed by atoms with Crippen LogP contribution in [0, 0.1) is 13.8 Å². The number of hydrogen-bond acceptors (Lipinski definition) is 1. The summed E-state index contributed by atoms with van der Waals surface area (Å²) < 4.78 is 8.94. The molecule has 2 aliphatic rings. The van der Waals surface area contributed by atoms with Gasteiger partial charge in [0.1, 0.15) is 18.2 Å². The van der Waals surface area contributed by atoms with Gasteiger partial charge in [0.15, 0.2) is 6.20 Å². The minimum atomic E-state index is 0.126. The SMILES string of the molecule is Cc1cc[n+](C)c(-c2c(C)ccc3c2oc2ccc4c(c23)C2(CCCC2)c2ccccc2-4)c1. The largest absolute Gasteiger partial charge is 0.455 e. The average Bonchev–Trinajstić information content (AvgIpc) is 3.52. The van der Waals surface area contributed by atoms with Gasteiger partial charge >= 0.3 is 0 Å². The summed E-state index contributed by atoms with van der Waals surface area (Å²) >= 11 is 0. The maximum atomic E-state index is 6.73. The van der Waals surface area contributed by atoms with Crippen LogP contribution in [-0.4, -0.2) is 0 Å². The molecule has 162 valence electrons. The molecule has 2 nitrogen and oxygen atoms in total. The second-order valence-corrected chi connectivity index (χ2v) is 10.1. The van der Waals surface area contributed by atoms with Gasteiger partial charge < -0.3 is 4.42 Å². The first-order valence-electron chi connectivity index (χ1n) is 12.1. The van der Waals surface area contributed by atoms with Crippen LogP contribution in [0.3, 0.4) is 0 Å². The van der Waals surface area contributed by atoms with E-state index in [1.54, 1.807) is 0 Å². The van der Waals surface area contributed by atoms with E-state index in [4.69, 9.17) is 4.42 Å². The zero-order chi connectivity index (χ0) is 22.3. The number of aromatic nitrogens is 1. The summed E-state index contributed by atoms with van der Waals surface area (Å²) in [5.74, 6) is 0. The molecule has 7 rings (SSSR count). The molecule has 1 saturated carbocycles. The predicted octanol–water partition coefficient (Wildman–Crippen LogP) is 7.53. The molecule has 5 aromatic rings. The highest BCUT2D eigenvalue weighted by molar-refractivity contribution is 6.14. The predicted molar refractivity (Wildman–Crippen MR) is 134 cm³/mol. The smallest absolute Gasteiger partial charge is 0.216 e. The molecule has 0 unspecified atom stereocenters. The molecule has 2 aliphatic carbocycles. The van der Waals surface area contributed by atoms with E-state index in [1.165, 1.54) is 81.1 Å². The number of hydrogen-bond donors (Lipinski definition) is 0. The maximum Gasteiger partial charge on any atom is 0.216 e. The third kappa shape index (κ3) is 2.41. The van der Waals surface area contributed by atoms with E-state index >= 15 is 0 Å². The molecule has 0 atom stereocenters. The van der Waals surface area contributed by atoms with Crippen molar-refractivity contribution >= 4 is 21.9 Å². The molecule has 2 heteroatoms. The number of fused-ring (bicyclic) bond motifs is 9. The van der Waals surface area contributed by atoms with Crippen molar-refractivity contribution in [1.82, 2.24) is 0 Å². The summed E-state index contributed by atoms with van der Waals surface area (Å²) in [7, 11) is 2.12. The zero-order valence-corrected chi connectivity index (χ0v) is 19.5. The van der Waals surface area contributed by atoms with E-state index in [2.05, 4.69) is 92.3 Å². The van der Waals surface area contributed by atoms with Crippen LogP contribution in [0.2, 0.25) is 0 Å². The van der Waals surface area contributed by atoms with Crippen molar-refractivity contribution in [2.24, 2.45) is 7.05 Å². The molecule has 3 aromatic carbocycles. The molecule has 1 spiro atoms. The highest BCUT2D eigenvalue weighted by atomic mass is 16.3. The van der Waals surface area contributed by atoms with Gasteiger partial charge in [-0.3, -0.25) is 0 Å². The molecule has 0 N–H and O–H groups in total. The van der Waals surface area contributed by atoms with Gasteiger partial charge in [-0.25, -0.2) is 4.57 Å². The number of nitrogens with zero attached hydrogens (tertiary/aromatic N) is 1. The molecular formula is C31H28NO+. The van der Waals surface area contributed by atoms with Crippen LogP contribution in [0.5, 0.6) is 0 Å². The zero-order valence-electron chi connectivity index (χ0n) is 19.5. The Hall–Kier alpha value is -3.39. The number of benzene rings is 3. The standard InChI is InChI=1S/C31H28NO/c1-19-14-17-32(3)25(18-19)27-20(2)10-11-23-28-26(33-30(23)27)13-12-22-21-8-4-5-9-24(21)31(29(22)28)15-6-7-16-31/h4-5,8-14,17-18H,6-7,15-16H2,1-3H3/q+1. The van der Waals surface area contributed by atoms with Gasteiger partial charge in [-0.1, -0.05) is 55.3 Å². The Kier molecular flexibility index (Phi) is 3.81. The second kappa shape index (κ2) is 6.57. The topological polar surface area (TPSA) is 17.0 Å². The lowest BCUT2D eigenvalue weighted by Crippen LogP contribution is -2.30. The summed E-state index contributed by atoms with van der Waals surface area (Å²) in [6.45, 7) is 4.36. The summed E-state index contributed by atoms with van der Waals surface area (Å²) in [5, 5.41) is 2.58. The fourth-order valence-corrected chi connectivity index (χ4v) is 6.76. The Balaban J connectivity index is 1.62. The fourth-order valence-electron chi connectivity index (χ4n) is 6.76. The molecule has 2 aromatic heterocycles. The maximum absolute atomic E-state index is 6.73. The van der Waals surface area contributed by atoms with Crippen LogP contribution >= 0.6 is 0 Å². The van der Waals surface area contributed by atoms with Crippen molar-refractivity contribution in [3.63, 3.8) is 0 Å². The second-order valence-electron chi connectivity index (χ2n) is 10.1. The third-order valence-corrected chi connectivity index (χ3v) is 8.24. The molecule has 1 fully saturated rings. The van der Waals surface area contributed by atoms with Crippen molar-refractivity contribution in [2.75, 3.05) is 0 Å². The number of aryl methyl sites for hydroxylation is 3. The lowest BCUT2D eigenvalue weighted by molar-refractivity contribution is -0.660. The van der Waals surface area contributed by atoms with Crippen LogP contribution in [0.4, 0.5) is 0 Å². The van der Waals surface area contributed by atoms with Crippen LogP contribution in [-0.2, 0) is 12.5 Å². The number of furan rings is 1. The van der Waals surface area contributed by atoms with Gasteiger partial charge in [0.2, 0.25) is 5.69 Å². The molecular weight excluding hydrogens is 402 g/mol. The van der Waals surface area contributed by atoms with E-state index in [9.17, 15) is 0 Å². The molecule has 0 saturated heterocycles. The minimum Gasteiger partial charge on any atom is -0.455 e. The van der Waals surface area contributed by atoms with Gasteiger partial charge in [0.05, 0.1) is 5.56 Å². The third-order valence-electron chi connectivity index (χ3n) is 8.24.